The normalized spacial score (nSPS) is 20.5. The van der Waals surface area contributed by atoms with Crippen LogP contribution in [-0.4, -0.2) is 37.7 Å². The number of fused-ring (bicyclic) bond motifs is 1. The Kier molecular flexibility index (Phi) is 4.16. The van der Waals surface area contributed by atoms with Gasteiger partial charge < -0.3 is 10.1 Å². The first-order valence-electron chi connectivity index (χ1n) is 7.42. The summed E-state index contributed by atoms with van der Waals surface area (Å²) in [6.45, 7) is 5.04. The van der Waals surface area contributed by atoms with Crippen LogP contribution < -0.4 is 5.32 Å². The number of hydrogen-bond donors (Lipinski definition) is 1. The Morgan fingerprint density at radius 2 is 2.11 bits per heavy atom. The molecule has 2 aliphatic heterocycles. The Morgan fingerprint density at radius 3 is 2.95 bits per heavy atom. The van der Waals surface area contributed by atoms with Gasteiger partial charge >= 0.3 is 0 Å². The van der Waals surface area contributed by atoms with Gasteiger partial charge in [0.15, 0.2) is 0 Å². The second kappa shape index (κ2) is 6.04. The molecular formula is C16H24N2O. The zero-order valence-electron chi connectivity index (χ0n) is 11.8. The van der Waals surface area contributed by atoms with E-state index in [0.29, 0.717) is 6.04 Å². The van der Waals surface area contributed by atoms with Gasteiger partial charge in [-0.3, -0.25) is 4.90 Å². The van der Waals surface area contributed by atoms with Crippen LogP contribution in [0.25, 0.3) is 0 Å². The van der Waals surface area contributed by atoms with Crippen molar-refractivity contribution in [2.24, 2.45) is 0 Å². The summed E-state index contributed by atoms with van der Waals surface area (Å²) in [5.41, 5.74) is 4.46. The molecule has 0 unspecified atom stereocenters. The van der Waals surface area contributed by atoms with Crippen LogP contribution in [0.15, 0.2) is 18.2 Å². The van der Waals surface area contributed by atoms with E-state index < -0.39 is 0 Å². The van der Waals surface area contributed by atoms with Gasteiger partial charge in [-0.2, -0.15) is 0 Å². The van der Waals surface area contributed by atoms with Crippen molar-refractivity contribution in [1.82, 2.24) is 10.2 Å². The highest BCUT2D eigenvalue weighted by Crippen LogP contribution is 2.19. The third kappa shape index (κ3) is 3.16. The largest absolute Gasteiger partial charge is 0.381 e. The van der Waals surface area contributed by atoms with E-state index in [1.54, 1.807) is 0 Å². The highest BCUT2D eigenvalue weighted by Gasteiger charge is 2.18. The Hall–Kier alpha value is -0.900. The quantitative estimate of drug-likeness (QED) is 0.899. The molecule has 0 saturated carbocycles. The van der Waals surface area contributed by atoms with Crippen LogP contribution in [0.5, 0.6) is 0 Å². The molecule has 2 aliphatic rings. The molecule has 1 aromatic rings. The van der Waals surface area contributed by atoms with Gasteiger partial charge in [0.1, 0.15) is 0 Å². The summed E-state index contributed by atoms with van der Waals surface area (Å²) < 4.78 is 5.44. The maximum absolute atomic E-state index is 5.44. The number of nitrogens with zero attached hydrogens (tertiary/aromatic N) is 1. The Bertz CT molecular complexity index is 427. The zero-order chi connectivity index (χ0) is 13.1. The van der Waals surface area contributed by atoms with Crippen molar-refractivity contribution in [2.75, 3.05) is 26.8 Å². The number of hydrogen-bond acceptors (Lipinski definition) is 3. The second-order valence-corrected chi connectivity index (χ2v) is 5.79. The lowest BCUT2D eigenvalue weighted by Gasteiger charge is -2.31. The fraction of sp³-hybridized carbons (Fsp3) is 0.625. The second-order valence-electron chi connectivity index (χ2n) is 5.79. The number of benzene rings is 1. The van der Waals surface area contributed by atoms with Crippen LogP contribution in [0.4, 0.5) is 0 Å². The Labute approximate surface area is 115 Å². The topological polar surface area (TPSA) is 24.5 Å². The van der Waals surface area contributed by atoms with E-state index in [-0.39, 0.29) is 0 Å². The smallest absolute Gasteiger partial charge is 0.0480 e. The molecule has 3 rings (SSSR count). The van der Waals surface area contributed by atoms with E-state index in [4.69, 9.17) is 4.74 Å². The van der Waals surface area contributed by atoms with Gasteiger partial charge in [0.05, 0.1) is 0 Å². The first kappa shape index (κ1) is 13.1. The summed E-state index contributed by atoms with van der Waals surface area (Å²) >= 11 is 0. The minimum Gasteiger partial charge on any atom is -0.381 e. The third-order valence-electron chi connectivity index (χ3n) is 4.40. The van der Waals surface area contributed by atoms with Gasteiger partial charge in [0.2, 0.25) is 0 Å². The molecular weight excluding hydrogens is 236 g/mol. The Morgan fingerprint density at radius 1 is 1.26 bits per heavy atom. The van der Waals surface area contributed by atoms with Crippen LogP contribution in [0, 0.1) is 0 Å². The average Bonchev–Trinajstić information content (AvgIpc) is 2.48. The van der Waals surface area contributed by atoms with Gasteiger partial charge in [-0.25, -0.2) is 0 Å². The summed E-state index contributed by atoms with van der Waals surface area (Å²) in [5.74, 6) is 0. The summed E-state index contributed by atoms with van der Waals surface area (Å²) in [4.78, 5) is 2.49. The predicted octanol–water partition coefficient (Wildman–Crippen LogP) is 1.94. The van der Waals surface area contributed by atoms with E-state index in [9.17, 15) is 0 Å². The molecule has 19 heavy (non-hydrogen) atoms. The van der Waals surface area contributed by atoms with Gasteiger partial charge in [-0.15, -0.1) is 0 Å². The standard InChI is InChI=1S/C16H24N2O/c1-18(16-5-8-19-9-6-16)12-13-2-3-14-4-7-17-11-15(14)10-13/h2-3,10,16-17H,4-9,11-12H2,1H3. The van der Waals surface area contributed by atoms with E-state index in [0.717, 1.165) is 32.8 Å². The lowest BCUT2D eigenvalue weighted by Crippen LogP contribution is -2.36. The summed E-state index contributed by atoms with van der Waals surface area (Å²) in [6.07, 6.45) is 3.51. The van der Waals surface area contributed by atoms with Crippen LogP contribution in [0.3, 0.4) is 0 Å². The summed E-state index contributed by atoms with van der Waals surface area (Å²) in [6, 6.07) is 7.70. The molecule has 3 heteroatoms. The van der Waals surface area contributed by atoms with Crippen LogP contribution in [0.2, 0.25) is 0 Å². The van der Waals surface area contributed by atoms with Crippen molar-refractivity contribution < 1.29 is 4.74 Å². The zero-order valence-corrected chi connectivity index (χ0v) is 11.8. The molecule has 0 atom stereocenters. The first-order valence-corrected chi connectivity index (χ1v) is 7.42. The molecule has 2 heterocycles. The molecule has 1 N–H and O–H groups in total. The minimum absolute atomic E-state index is 0.683. The lowest BCUT2D eigenvalue weighted by molar-refractivity contribution is 0.0407. The van der Waals surface area contributed by atoms with E-state index in [1.165, 1.54) is 36.0 Å². The molecule has 0 spiro atoms. The highest BCUT2D eigenvalue weighted by molar-refractivity contribution is 5.33. The molecule has 0 amide bonds. The van der Waals surface area contributed by atoms with Crippen LogP contribution in [-0.2, 0) is 24.2 Å². The highest BCUT2D eigenvalue weighted by atomic mass is 16.5. The molecule has 0 radical (unpaired) electrons. The van der Waals surface area contributed by atoms with Crippen molar-refractivity contribution in [3.05, 3.63) is 34.9 Å². The van der Waals surface area contributed by atoms with Gasteiger partial charge in [0, 0.05) is 32.3 Å². The third-order valence-corrected chi connectivity index (χ3v) is 4.40. The molecule has 0 bridgehead atoms. The lowest BCUT2D eigenvalue weighted by atomic mass is 9.98. The van der Waals surface area contributed by atoms with E-state index in [2.05, 4.69) is 35.5 Å². The summed E-state index contributed by atoms with van der Waals surface area (Å²) in [5, 5.41) is 3.45. The predicted molar refractivity (Wildman–Crippen MR) is 77.2 cm³/mol. The fourth-order valence-corrected chi connectivity index (χ4v) is 3.18. The van der Waals surface area contributed by atoms with Gasteiger partial charge in [-0.05, 0) is 49.5 Å². The maximum Gasteiger partial charge on any atom is 0.0480 e. The average molecular weight is 260 g/mol. The van der Waals surface area contributed by atoms with Crippen LogP contribution >= 0.6 is 0 Å². The van der Waals surface area contributed by atoms with Gasteiger partial charge in [-0.1, -0.05) is 18.2 Å². The van der Waals surface area contributed by atoms with E-state index >= 15 is 0 Å². The van der Waals surface area contributed by atoms with Crippen molar-refractivity contribution >= 4 is 0 Å². The van der Waals surface area contributed by atoms with Crippen molar-refractivity contribution in [3.8, 4) is 0 Å². The monoisotopic (exact) mass is 260 g/mol. The van der Waals surface area contributed by atoms with Crippen molar-refractivity contribution in [2.45, 2.75) is 38.4 Å². The van der Waals surface area contributed by atoms with Crippen LogP contribution in [0.1, 0.15) is 29.5 Å². The number of nitrogens with one attached hydrogen (secondary N) is 1. The SMILES string of the molecule is CN(Cc1ccc2c(c1)CNCC2)C1CCOCC1. The Balaban J connectivity index is 1.65. The molecule has 3 nitrogen and oxygen atoms in total. The number of ether oxygens (including phenoxy) is 1. The molecule has 0 aliphatic carbocycles. The van der Waals surface area contributed by atoms with Crippen molar-refractivity contribution in [1.29, 1.82) is 0 Å². The van der Waals surface area contributed by atoms with Crippen molar-refractivity contribution in [3.63, 3.8) is 0 Å². The van der Waals surface area contributed by atoms with E-state index in [1.807, 2.05) is 0 Å². The maximum atomic E-state index is 5.44. The molecule has 1 aromatic carbocycles. The molecule has 104 valence electrons. The molecule has 1 fully saturated rings. The fourth-order valence-electron chi connectivity index (χ4n) is 3.18. The first-order chi connectivity index (χ1) is 9.33. The minimum atomic E-state index is 0.683. The summed E-state index contributed by atoms with van der Waals surface area (Å²) in [7, 11) is 2.24. The molecule has 0 aromatic heterocycles. The molecule has 1 saturated heterocycles. The number of rotatable bonds is 3. The van der Waals surface area contributed by atoms with Gasteiger partial charge in [0.25, 0.3) is 0 Å².